The molecule has 172 valence electrons. The van der Waals surface area contributed by atoms with E-state index in [9.17, 15) is 19.8 Å². The summed E-state index contributed by atoms with van der Waals surface area (Å²) in [6.45, 7) is 1.94. The number of aromatic hydroxyl groups is 2. The van der Waals surface area contributed by atoms with Gasteiger partial charge in [0.2, 0.25) is 0 Å². The Balaban J connectivity index is 1.62. The molecule has 3 N–H and O–H groups in total. The number of aromatic nitrogens is 1. The maximum atomic E-state index is 12.9. The van der Waals surface area contributed by atoms with E-state index < -0.39 is 11.3 Å². The molecule has 0 fully saturated rings. The topological polar surface area (TPSA) is 91.6 Å². The summed E-state index contributed by atoms with van der Waals surface area (Å²) >= 11 is 0. The fourth-order valence-electron chi connectivity index (χ4n) is 4.01. The molecule has 6 nitrogen and oxygen atoms in total. The number of anilines is 1. The summed E-state index contributed by atoms with van der Waals surface area (Å²) in [5.41, 5.74) is 2.32. The number of nitrogens with one attached hydrogen (secondary N) is 1. The summed E-state index contributed by atoms with van der Waals surface area (Å²) in [5, 5.41) is 24.7. The number of carbonyl (C=O) groups excluding carboxylic acids is 1. The maximum Gasteiger partial charge on any atom is 0.265 e. The standard InChI is InChI=1S/C28H26N2O4/c1-18-15-16-24(31)22(17-18)29-21(19-9-4-3-5-10-19)12-8-14-25(32)26-27(33)20-11-6-7-13-23(20)30(2)28(26)34/h3-11,13-17,21,29,31,33H,12H2,1-2H3/t21-/m0/s1. The van der Waals surface area contributed by atoms with Gasteiger partial charge in [0.15, 0.2) is 5.78 Å². The highest BCUT2D eigenvalue weighted by Gasteiger charge is 2.19. The van der Waals surface area contributed by atoms with Crippen LogP contribution in [-0.2, 0) is 7.05 Å². The Morgan fingerprint density at radius 2 is 1.74 bits per heavy atom. The molecule has 3 aromatic carbocycles. The first-order chi connectivity index (χ1) is 16.4. The quantitative estimate of drug-likeness (QED) is 0.202. The van der Waals surface area contributed by atoms with Gasteiger partial charge >= 0.3 is 0 Å². The van der Waals surface area contributed by atoms with Gasteiger partial charge in [-0.05, 0) is 54.8 Å². The van der Waals surface area contributed by atoms with Gasteiger partial charge < -0.3 is 20.1 Å². The Morgan fingerprint density at radius 3 is 2.50 bits per heavy atom. The lowest BCUT2D eigenvalue weighted by atomic mass is 10.0. The number of pyridine rings is 1. The molecule has 6 heteroatoms. The van der Waals surface area contributed by atoms with Crippen LogP contribution in [0.4, 0.5) is 5.69 Å². The number of phenolic OH excluding ortho intramolecular Hbond substituents is 1. The Kier molecular flexibility index (Phi) is 6.50. The third kappa shape index (κ3) is 4.57. The summed E-state index contributed by atoms with van der Waals surface area (Å²) in [4.78, 5) is 25.7. The number of rotatable bonds is 7. The molecule has 0 aliphatic rings. The van der Waals surface area contributed by atoms with Crippen LogP contribution >= 0.6 is 0 Å². The van der Waals surface area contributed by atoms with E-state index in [1.165, 1.54) is 10.6 Å². The van der Waals surface area contributed by atoms with Gasteiger partial charge in [-0.2, -0.15) is 0 Å². The van der Waals surface area contributed by atoms with Gasteiger partial charge in [0.25, 0.3) is 5.56 Å². The van der Waals surface area contributed by atoms with Crippen LogP contribution in [0.5, 0.6) is 11.5 Å². The van der Waals surface area contributed by atoms with Crippen LogP contribution in [0.25, 0.3) is 10.9 Å². The second kappa shape index (κ2) is 9.67. The van der Waals surface area contributed by atoms with Gasteiger partial charge in [-0.15, -0.1) is 0 Å². The van der Waals surface area contributed by atoms with Crippen LogP contribution in [0.15, 0.2) is 89.7 Å². The van der Waals surface area contributed by atoms with E-state index in [0.29, 0.717) is 23.0 Å². The number of phenols is 1. The Bertz CT molecular complexity index is 1440. The Hall–Kier alpha value is -4.32. The van der Waals surface area contributed by atoms with Crippen LogP contribution < -0.4 is 10.9 Å². The molecule has 1 atom stereocenters. The number of fused-ring (bicyclic) bond motifs is 1. The second-order valence-electron chi connectivity index (χ2n) is 8.24. The van der Waals surface area contributed by atoms with Crippen LogP contribution in [0.3, 0.4) is 0 Å². The van der Waals surface area contributed by atoms with E-state index in [0.717, 1.165) is 11.1 Å². The number of aryl methyl sites for hydroxylation is 2. The van der Waals surface area contributed by atoms with Crippen LogP contribution in [0.2, 0.25) is 0 Å². The van der Waals surface area contributed by atoms with Crippen molar-refractivity contribution in [3.05, 3.63) is 112 Å². The zero-order valence-electron chi connectivity index (χ0n) is 19.0. The molecule has 1 heterocycles. The molecule has 0 unspecified atom stereocenters. The molecule has 0 bridgehead atoms. The van der Waals surface area contributed by atoms with E-state index in [-0.39, 0.29) is 23.1 Å². The molecule has 0 aliphatic carbocycles. The molecule has 4 rings (SSSR count). The number of para-hydroxylation sites is 1. The second-order valence-corrected chi connectivity index (χ2v) is 8.24. The largest absolute Gasteiger partial charge is 0.506 e. The minimum absolute atomic E-state index is 0.135. The zero-order valence-corrected chi connectivity index (χ0v) is 19.0. The van der Waals surface area contributed by atoms with Crippen molar-refractivity contribution >= 4 is 22.4 Å². The highest BCUT2D eigenvalue weighted by Crippen LogP contribution is 2.30. The number of ketones is 1. The van der Waals surface area contributed by atoms with Gasteiger partial charge in [0.1, 0.15) is 17.1 Å². The molecule has 4 aromatic rings. The fourth-order valence-corrected chi connectivity index (χ4v) is 4.01. The van der Waals surface area contributed by atoms with Crippen molar-refractivity contribution in [1.29, 1.82) is 0 Å². The van der Waals surface area contributed by atoms with Crippen molar-refractivity contribution in [3.63, 3.8) is 0 Å². The predicted octanol–water partition coefficient (Wildman–Crippen LogP) is 5.24. The Morgan fingerprint density at radius 1 is 1.03 bits per heavy atom. The van der Waals surface area contributed by atoms with Crippen molar-refractivity contribution in [1.82, 2.24) is 4.57 Å². The minimum atomic E-state index is -0.561. The van der Waals surface area contributed by atoms with Crippen molar-refractivity contribution in [2.24, 2.45) is 7.05 Å². The molecule has 34 heavy (non-hydrogen) atoms. The molecule has 1 aromatic heterocycles. The van der Waals surface area contributed by atoms with Gasteiger partial charge in [-0.1, -0.05) is 54.6 Å². The van der Waals surface area contributed by atoms with Crippen molar-refractivity contribution < 1.29 is 15.0 Å². The number of allylic oxidation sites excluding steroid dienone is 1. The van der Waals surface area contributed by atoms with E-state index in [1.807, 2.05) is 49.4 Å². The minimum Gasteiger partial charge on any atom is -0.506 e. The first-order valence-electron chi connectivity index (χ1n) is 11.0. The number of nitrogens with zero attached hydrogens (tertiary/aromatic N) is 1. The first kappa shape index (κ1) is 22.9. The third-order valence-electron chi connectivity index (χ3n) is 5.85. The molecule has 0 radical (unpaired) electrons. The van der Waals surface area contributed by atoms with Crippen molar-refractivity contribution in [2.75, 3.05) is 5.32 Å². The third-order valence-corrected chi connectivity index (χ3v) is 5.85. The molecule has 0 spiro atoms. The smallest absolute Gasteiger partial charge is 0.265 e. The number of benzene rings is 3. The lowest BCUT2D eigenvalue weighted by Gasteiger charge is -2.20. The lowest BCUT2D eigenvalue weighted by Crippen LogP contribution is -2.24. The lowest BCUT2D eigenvalue weighted by molar-refractivity contribution is 0.104. The van der Waals surface area contributed by atoms with Gasteiger partial charge in [-0.25, -0.2) is 0 Å². The SMILES string of the molecule is Cc1ccc(O)c(N[C@@H](CC=CC(=O)c2c(O)c3ccccc3n(C)c2=O)c2ccccc2)c1. The van der Waals surface area contributed by atoms with E-state index in [2.05, 4.69) is 5.32 Å². The summed E-state index contributed by atoms with van der Waals surface area (Å²) in [7, 11) is 1.58. The average Bonchev–Trinajstić information content (AvgIpc) is 2.85. The van der Waals surface area contributed by atoms with Crippen LogP contribution in [-0.4, -0.2) is 20.6 Å². The molecular formula is C28H26N2O4. The van der Waals surface area contributed by atoms with E-state index >= 15 is 0 Å². The number of hydrogen-bond acceptors (Lipinski definition) is 5. The van der Waals surface area contributed by atoms with E-state index in [1.54, 1.807) is 43.5 Å². The zero-order chi connectivity index (χ0) is 24.2. The number of hydrogen-bond donors (Lipinski definition) is 3. The molecular weight excluding hydrogens is 428 g/mol. The first-order valence-corrected chi connectivity index (χ1v) is 11.0. The molecule has 0 saturated heterocycles. The van der Waals surface area contributed by atoms with E-state index in [4.69, 9.17) is 0 Å². The number of carbonyl (C=O) groups is 1. The molecule has 0 aliphatic heterocycles. The fraction of sp³-hybridized carbons (Fsp3) is 0.143. The summed E-state index contributed by atoms with van der Waals surface area (Å²) in [6, 6.07) is 21.7. The summed E-state index contributed by atoms with van der Waals surface area (Å²) in [5.74, 6) is -0.735. The maximum absolute atomic E-state index is 12.9. The highest BCUT2D eigenvalue weighted by atomic mass is 16.3. The summed E-state index contributed by atoms with van der Waals surface area (Å²) < 4.78 is 1.37. The normalized spacial score (nSPS) is 12.2. The predicted molar refractivity (Wildman–Crippen MR) is 135 cm³/mol. The monoisotopic (exact) mass is 454 g/mol. The average molecular weight is 455 g/mol. The van der Waals surface area contributed by atoms with Crippen LogP contribution in [0.1, 0.15) is 33.9 Å². The van der Waals surface area contributed by atoms with Gasteiger partial charge in [0.05, 0.1) is 17.2 Å². The Labute approximate surface area is 197 Å². The van der Waals surface area contributed by atoms with Gasteiger partial charge in [0, 0.05) is 12.4 Å². The summed E-state index contributed by atoms with van der Waals surface area (Å²) in [6.07, 6.45) is 3.41. The molecule has 0 saturated carbocycles. The van der Waals surface area contributed by atoms with Crippen molar-refractivity contribution in [2.45, 2.75) is 19.4 Å². The van der Waals surface area contributed by atoms with Crippen molar-refractivity contribution in [3.8, 4) is 11.5 Å². The molecule has 0 amide bonds. The van der Waals surface area contributed by atoms with Gasteiger partial charge in [-0.3, -0.25) is 9.59 Å². The highest BCUT2D eigenvalue weighted by molar-refractivity contribution is 6.09. The van der Waals surface area contributed by atoms with Crippen LogP contribution in [0, 0.1) is 6.92 Å².